The van der Waals surface area contributed by atoms with Crippen molar-refractivity contribution in [3.63, 3.8) is 0 Å². The van der Waals surface area contributed by atoms with Crippen molar-refractivity contribution < 1.29 is 8.81 Å². The highest BCUT2D eigenvalue weighted by atomic mass is 19.1. The predicted molar refractivity (Wildman–Crippen MR) is 83.8 cm³/mol. The molecule has 1 N–H and O–H groups in total. The molecule has 0 fully saturated rings. The molecule has 1 aromatic heterocycles. The molecule has 0 amide bonds. The largest absolute Gasteiger partial charge is 0.468 e. The summed E-state index contributed by atoms with van der Waals surface area (Å²) in [6.07, 6.45) is 1.73. The van der Waals surface area contributed by atoms with E-state index in [4.69, 9.17) is 4.42 Å². The highest BCUT2D eigenvalue weighted by Crippen LogP contribution is 2.20. The van der Waals surface area contributed by atoms with Crippen molar-refractivity contribution >= 4 is 5.69 Å². The molecule has 0 saturated carbocycles. The molecule has 0 aliphatic carbocycles. The van der Waals surface area contributed by atoms with Crippen LogP contribution in [-0.2, 0) is 13.1 Å². The summed E-state index contributed by atoms with van der Waals surface area (Å²) in [5.41, 5.74) is 2.18. The quantitative estimate of drug-likeness (QED) is 0.837. The molecule has 2 aromatic rings. The van der Waals surface area contributed by atoms with Crippen LogP contribution in [0.25, 0.3) is 0 Å². The smallest absolute Gasteiger partial charge is 0.123 e. The van der Waals surface area contributed by atoms with Crippen molar-refractivity contribution in [2.45, 2.75) is 39.9 Å². The zero-order valence-electron chi connectivity index (χ0n) is 12.9. The fourth-order valence-corrected chi connectivity index (χ4v) is 2.20. The molecule has 3 nitrogen and oxygen atoms in total. The summed E-state index contributed by atoms with van der Waals surface area (Å²) < 4.78 is 18.6. The second kappa shape index (κ2) is 7.27. The molecule has 4 heteroatoms. The Morgan fingerprint density at radius 1 is 1.19 bits per heavy atom. The van der Waals surface area contributed by atoms with Gasteiger partial charge >= 0.3 is 0 Å². The standard InChI is InChI=1S/C17H23FN2O/c1-4-20(16-7-5-15(18)6-8-16)12-14-9-10-21-17(14)11-19-13(2)3/h5-10,13,19H,4,11-12H2,1-3H3. The van der Waals surface area contributed by atoms with Crippen molar-refractivity contribution in [2.24, 2.45) is 0 Å². The maximum absolute atomic E-state index is 13.0. The van der Waals surface area contributed by atoms with Crippen molar-refractivity contribution in [3.05, 3.63) is 53.7 Å². The molecule has 114 valence electrons. The van der Waals surface area contributed by atoms with E-state index in [1.807, 2.05) is 18.2 Å². The summed E-state index contributed by atoms with van der Waals surface area (Å²) in [6, 6.07) is 9.03. The first kappa shape index (κ1) is 15.6. The maximum Gasteiger partial charge on any atom is 0.123 e. The zero-order valence-corrected chi connectivity index (χ0v) is 12.9. The zero-order chi connectivity index (χ0) is 15.2. The molecule has 0 aliphatic heterocycles. The van der Waals surface area contributed by atoms with Gasteiger partial charge in [-0.25, -0.2) is 4.39 Å². The third-order valence-corrected chi connectivity index (χ3v) is 3.44. The van der Waals surface area contributed by atoms with Gasteiger partial charge in [0.2, 0.25) is 0 Å². The molecule has 0 atom stereocenters. The molecule has 2 rings (SSSR count). The number of nitrogens with one attached hydrogen (secondary N) is 1. The fourth-order valence-electron chi connectivity index (χ4n) is 2.20. The first-order chi connectivity index (χ1) is 10.1. The first-order valence-corrected chi connectivity index (χ1v) is 7.39. The lowest BCUT2D eigenvalue weighted by atomic mass is 10.2. The number of furan rings is 1. The minimum Gasteiger partial charge on any atom is -0.468 e. The Morgan fingerprint density at radius 3 is 2.52 bits per heavy atom. The predicted octanol–water partition coefficient (Wildman–Crippen LogP) is 3.94. The third-order valence-electron chi connectivity index (χ3n) is 3.44. The normalized spacial score (nSPS) is 11.1. The van der Waals surface area contributed by atoms with Crippen LogP contribution in [0.15, 0.2) is 41.0 Å². The lowest BCUT2D eigenvalue weighted by Crippen LogP contribution is -2.25. The van der Waals surface area contributed by atoms with Crippen molar-refractivity contribution in [2.75, 3.05) is 11.4 Å². The van der Waals surface area contributed by atoms with Crippen LogP contribution in [0.2, 0.25) is 0 Å². The summed E-state index contributed by atoms with van der Waals surface area (Å²) in [6.45, 7) is 8.65. The van der Waals surface area contributed by atoms with Gasteiger partial charge in [0.15, 0.2) is 0 Å². The average molecular weight is 290 g/mol. The Kier molecular flexibility index (Phi) is 5.39. The van der Waals surface area contributed by atoms with Crippen LogP contribution < -0.4 is 10.2 Å². The summed E-state index contributed by atoms with van der Waals surface area (Å²) in [4.78, 5) is 2.20. The van der Waals surface area contributed by atoms with Gasteiger partial charge in [0, 0.05) is 30.4 Å². The van der Waals surface area contributed by atoms with Crippen molar-refractivity contribution in [3.8, 4) is 0 Å². The molecule has 21 heavy (non-hydrogen) atoms. The number of nitrogens with zero attached hydrogens (tertiary/aromatic N) is 1. The van der Waals surface area contributed by atoms with E-state index >= 15 is 0 Å². The van der Waals surface area contributed by atoms with E-state index in [9.17, 15) is 4.39 Å². The number of rotatable bonds is 7. The van der Waals surface area contributed by atoms with E-state index in [2.05, 4.69) is 31.0 Å². The van der Waals surface area contributed by atoms with E-state index in [-0.39, 0.29) is 5.82 Å². The average Bonchev–Trinajstić information content (AvgIpc) is 2.91. The lowest BCUT2D eigenvalue weighted by molar-refractivity contribution is 0.460. The SMILES string of the molecule is CCN(Cc1ccoc1CNC(C)C)c1ccc(F)cc1. The Balaban J connectivity index is 2.08. The molecule has 0 unspecified atom stereocenters. The van der Waals surface area contributed by atoms with Gasteiger partial charge in [0.1, 0.15) is 11.6 Å². The Labute approximate surface area is 125 Å². The molecule has 0 bridgehead atoms. The molecule has 1 heterocycles. The van der Waals surface area contributed by atoms with E-state index in [1.165, 1.54) is 12.1 Å². The van der Waals surface area contributed by atoms with Crippen molar-refractivity contribution in [1.29, 1.82) is 0 Å². The topological polar surface area (TPSA) is 28.4 Å². The molecule has 0 radical (unpaired) electrons. The highest BCUT2D eigenvalue weighted by molar-refractivity contribution is 5.47. The Morgan fingerprint density at radius 2 is 1.90 bits per heavy atom. The van der Waals surface area contributed by atoms with Crippen LogP contribution in [-0.4, -0.2) is 12.6 Å². The van der Waals surface area contributed by atoms with Gasteiger partial charge < -0.3 is 14.6 Å². The number of benzene rings is 1. The first-order valence-electron chi connectivity index (χ1n) is 7.39. The molecule has 0 spiro atoms. The van der Waals surface area contributed by atoms with Crippen LogP contribution in [0.1, 0.15) is 32.1 Å². The second-order valence-corrected chi connectivity index (χ2v) is 5.40. The van der Waals surface area contributed by atoms with Gasteiger partial charge in [-0.05, 0) is 37.3 Å². The maximum atomic E-state index is 13.0. The number of anilines is 1. The van der Waals surface area contributed by atoms with E-state index in [0.717, 1.165) is 36.6 Å². The van der Waals surface area contributed by atoms with Crippen molar-refractivity contribution in [1.82, 2.24) is 5.32 Å². The van der Waals surface area contributed by atoms with Crippen LogP contribution in [0.3, 0.4) is 0 Å². The summed E-state index contributed by atoms with van der Waals surface area (Å²) in [7, 11) is 0. The van der Waals surface area contributed by atoms with Gasteiger partial charge in [0.25, 0.3) is 0 Å². The monoisotopic (exact) mass is 290 g/mol. The molecule has 1 aromatic carbocycles. The van der Waals surface area contributed by atoms with Crippen LogP contribution >= 0.6 is 0 Å². The van der Waals surface area contributed by atoms with E-state index in [1.54, 1.807) is 6.26 Å². The summed E-state index contributed by atoms with van der Waals surface area (Å²) in [5.74, 6) is 0.754. The second-order valence-electron chi connectivity index (χ2n) is 5.40. The van der Waals surface area contributed by atoms with Crippen LogP contribution in [0.5, 0.6) is 0 Å². The summed E-state index contributed by atoms with van der Waals surface area (Å²) >= 11 is 0. The number of hydrogen-bond acceptors (Lipinski definition) is 3. The minimum atomic E-state index is -0.208. The molecule has 0 saturated heterocycles. The molecule has 0 aliphatic rings. The molecular formula is C17H23FN2O. The van der Waals surface area contributed by atoms with E-state index in [0.29, 0.717) is 6.04 Å². The van der Waals surface area contributed by atoms with Gasteiger partial charge in [-0.2, -0.15) is 0 Å². The lowest BCUT2D eigenvalue weighted by Gasteiger charge is -2.23. The Hall–Kier alpha value is -1.81. The third kappa shape index (κ3) is 4.33. The summed E-state index contributed by atoms with van der Waals surface area (Å²) in [5, 5.41) is 3.36. The van der Waals surface area contributed by atoms with Crippen LogP contribution in [0.4, 0.5) is 10.1 Å². The highest BCUT2D eigenvalue weighted by Gasteiger charge is 2.11. The minimum absolute atomic E-state index is 0.208. The number of hydrogen-bond donors (Lipinski definition) is 1. The fraction of sp³-hybridized carbons (Fsp3) is 0.412. The number of halogens is 1. The van der Waals surface area contributed by atoms with E-state index < -0.39 is 0 Å². The van der Waals surface area contributed by atoms with Gasteiger partial charge in [0.05, 0.1) is 12.8 Å². The molecular weight excluding hydrogens is 267 g/mol. The Bertz CT molecular complexity index is 548. The van der Waals surface area contributed by atoms with Crippen LogP contribution in [0, 0.1) is 5.82 Å². The van der Waals surface area contributed by atoms with Gasteiger partial charge in [-0.15, -0.1) is 0 Å². The van der Waals surface area contributed by atoms with Gasteiger partial charge in [-0.1, -0.05) is 13.8 Å². The van der Waals surface area contributed by atoms with Gasteiger partial charge in [-0.3, -0.25) is 0 Å².